The highest BCUT2D eigenvalue weighted by Crippen LogP contribution is 2.33. The summed E-state index contributed by atoms with van der Waals surface area (Å²) in [5.74, 6) is 0.650. The molecule has 3 aromatic heterocycles. The van der Waals surface area contributed by atoms with Gasteiger partial charge >= 0.3 is 0 Å². The Morgan fingerprint density at radius 1 is 1.18 bits per heavy atom. The van der Waals surface area contributed by atoms with E-state index in [-0.39, 0.29) is 6.04 Å². The Balaban J connectivity index is 2.01. The van der Waals surface area contributed by atoms with E-state index in [2.05, 4.69) is 41.3 Å². The van der Waals surface area contributed by atoms with E-state index in [9.17, 15) is 0 Å². The van der Waals surface area contributed by atoms with Gasteiger partial charge in [0.1, 0.15) is 5.52 Å². The first-order valence-electron chi connectivity index (χ1n) is 7.02. The quantitative estimate of drug-likeness (QED) is 0.489. The van der Waals surface area contributed by atoms with Crippen LogP contribution in [-0.2, 0) is 0 Å². The molecular weight excluding hydrogens is 316 g/mol. The lowest BCUT2D eigenvalue weighted by Gasteiger charge is -2.08. The van der Waals surface area contributed by atoms with Crippen LogP contribution in [0.3, 0.4) is 0 Å². The van der Waals surface area contributed by atoms with Gasteiger partial charge in [-0.1, -0.05) is 29.8 Å². The minimum Gasteiger partial charge on any atom is -0.313 e. The Kier molecular flexibility index (Phi) is 3.13. The smallest absolute Gasteiger partial charge is 0.165 e. The first kappa shape index (κ1) is 13.7. The molecule has 0 N–H and O–H groups in total. The van der Waals surface area contributed by atoms with Crippen LogP contribution in [0.2, 0.25) is 5.15 Å². The van der Waals surface area contributed by atoms with E-state index in [1.165, 1.54) is 4.70 Å². The van der Waals surface area contributed by atoms with Crippen molar-refractivity contribution in [3.63, 3.8) is 0 Å². The molecule has 0 aliphatic heterocycles. The van der Waals surface area contributed by atoms with Crippen LogP contribution in [-0.4, -0.2) is 19.5 Å². The maximum Gasteiger partial charge on any atom is 0.165 e. The lowest BCUT2D eigenvalue weighted by molar-refractivity contribution is 0.613. The van der Waals surface area contributed by atoms with E-state index in [1.807, 2.05) is 16.7 Å². The topological polar surface area (TPSA) is 43.6 Å². The first-order valence-corrected chi connectivity index (χ1v) is 8.27. The number of hydrogen-bond acceptors (Lipinski definition) is 4. The molecule has 110 valence electrons. The van der Waals surface area contributed by atoms with Gasteiger partial charge < -0.3 is 4.57 Å². The lowest BCUT2D eigenvalue weighted by Crippen LogP contribution is -2.01. The molecule has 0 saturated carbocycles. The zero-order valence-corrected chi connectivity index (χ0v) is 13.7. The number of benzene rings is 1. The Morgan fingerprint density at radius 2 is 2.00 bits per heavy atom. The molecule has 0 amide bonds. The van der Waals surface area contributed by atoms with Gasteiger partial charge in [0, 0.05) is 27.1 Å². The summed E-state index contributed by atoms with van der Waals surface area (Å²) in [6.07, 6.45) is 1.77. The third-order valence-corrected chi connectivity index (χ3v) is 4.88. The molecule has 4 rings (SSSR count). The van der Waals surface area contributed by atoms with E-state index in [0.717, 1.165) is 16.6 Å². The molecule has 0 bridgehead atoms. The fraction of sp³-hybridized carbons (Fsp3) is 0.188. The largest absolute Gasteiger partial charge is 0.313 e. The number of aromatic nitrogens is 4. The Labute approximate surface area is 136 Å². The number of fused-ring (bicyclic) bond motifs is 2. The minimum atomic E-state index is 0.267. The van der Waals surface area contributed by atoms with Crippen LogP contribution in [0.15, 0.2) is 36.0 Å². The van der Waals surface area contributed by atoms with Gasteiger partial charge in [0.2, 0.25) is 0 Å². The van der Waals surface area contributed by atoms with Crippen LogP contribution in [0.1, 0.15) is 19.9 Å². The molecule has 4 nitrogen and oxygen atoms in total. The predicted molar refractivity (Wildman–Crippen MR) is 91.5 cm³/mol. The normalized spacial score (nSPS) is 11.8. The molecule has 0 fully saturated rings. The summed E-state index contributed by atoms with van der Waals surface area (Å²) in [5, 5.41) is 3.63. The highest BCUT2D eigenvalue weighted by atomic mass is 35.5. The van der Waals surface area contributed by atoms with E-state index >= 15 is 0 Å². The molecule has 22 heavy (non-hydrogen) atoms. The number of halogens is 1. The van der Waals surface area contributed by atoms with Crippen molar-refractivity contribution >= 4 is 44.2 Å². The molecule has 6 heteroatoms. The summed E-state index contributed by atoms with van der Waals surface area (Å²) in [6, 6.07) is 8.51. The maximum absolute atomic E-state index is 6.32. The average Bonchev–Trinajstić information content (AvgIpc) is 3.11. The number of nitrogens with zero attached hydrogens (tertiary/aromatic N) is 4. The van der Waals surface area contributed by atoms with Gasteiger partial charge in [0.05, 0.1) is 6.33 Å². The molecule has 0 atom stereocenters. The second-order valence-corrected chi connectivity index (χ2v) is 6.67. The van der Waals surface area contributed by atoms with Crippen molar-refractivity contribution in [3.05, 3.63) is 41.1 Å². The summed E-state index contributed by atoms with van der Waals surface area (Å²) in [5.41, 5.74) is 2.44. The van der Waals surface area contributed by atoms with E-state index in [4.69, 9.17) is 16.6 Å². The summed E-state index contributed by atoms with van der Waals surface area (Å²) in [6.45, 7) is 4.19. The molecule has 0 saturated heterocycles. The molecule has 0 spiro atoms. The number of rotatable bonds is 2. The summed E-state index contributed by atoms with van der Waals surface area (Å²) in [4.78, 5) is 13.5. The maximum atomic E-state index is 6.32. The third kappa shape index (κ3) is 2.01. The SMILES string of the molecule is CC(C)n1cnc2c(Cl)nc(-c3csc4ccccc34)nc21. The van der Waals surface area contributed by atoms with Gasteiger partial charge in [0.25, 0.3) is 0 Å². The summed E-state index contributed by atoms with van der Waals surface area (Å²) >= 11 is 8.01. The monoisotopic (exact) mass is 328 g/mol. The third-order valence-electron chi connectivity index (χ3n) is 3.66. The van der Waals surface area contributed by atoms with Gasteiger partial charge in [0.15, 0.2) is 16.6 Å². The molecule has 0 unspecified atom stereocenters. The van der Waals surface area contributed by atoms with E-state index in [1.54, 1.807) is 17.7 Å². The lowest BCUT2D eigenvalue weighted by atomic mass is 10.1. The predicted octanol–water partition coefficient (Wildman–Crippen LogP) is 4.94. The minimum absolute atomic E-state index is 0.267. The van der Waals surface area contributed by atoms with Crippen molar-refractivity contribution < 1.29 is 0 Å². The molecule has 0 aliphatic carbocycles. The van der Waals surface area contributed by atoms with Gasteiger partial charge in [-0.25, -0.2) is 15.0 Å². The van der Waals surface area contributed by atoms with Crippen LogP contribution in [0.5, 0.6) is 0 Å². The van der Waals surface area contributed by atoms with Crippen molar-refractivity contribution in [1.82, 2.24) is 19.5 Å². The standard InChI is InChI=1S/C16H13ClN4S/c1-9(2)21-8-18-13-14(17)19-15(20-16(13)21)11-7-22-12-6-4-3-5-10(11)12/h3-9H,1-2H3. The van der Waals surface area contributed by atoms with E-state index < -0.39 is 0 Å². The zero-order valence-electron chi connectivity index (χ0n) is 12.1. The first-order chi connectivity index (χ1) is 10.6. The Hall–Kier alpha value is -1.98. The van der Waals surface area contributed by atoms with Crippen LogP contribution >= 0.6 is 22.9 Å². The van der Waals surface area contributed by atoms with Crippen molar-refractivity contribution in [3.8, 4) is 11.4 Å². The van der Waals surface area contributed by atoms with Crippen LogP contribution in [0.25, 0.3) is 32.6 Å². The zero-order chi connectivity index (χ0) is 15.3. The number of hydrogen-bond donors (Lipinski definition) is 0. The van der Waals surface area contributed by atoms with Gasteiger partial charge in [-0.15, -0.1) is 11.3 Å². The van der Waals surface area contributed by atoms with Crippen LogP contribution < -0.4 is 0 Å². The second kappa shape index (κ2) is 5.04. The molecule has 0 aliphatic rings. The second-order valence-electron chi connectivity index (χ2n) is 5.40. The van der Waals surface area contributed by atoms with Crippen molar-refractivity contribution in [2.75, 3.05) is 0 Å². The van der Waals surface area contributed by atoms with Gasteiger partial charge in [-0.05, 0) is 19.9 Å². The summed E-state index contributed by atoms with van der Waals surface area (Å²) in [7, 11) is 0. The highest BCUT2D eigenvalue weighted by Gasteiger charge is 2.16. The van der Waals surface area contributed by atoms with Crippen molar-refractivity contribution in [1.29, 1.82) is 0 Å². The fourth-order valence-electron chi connectivity index (χ4n) is 2.53. The molecule has 0 radical (unpaired) electrons. The van der Waals surface area contributed by atoms with Crippen LogP contribution in [0, 0.1) is 0 Å². The highest BCUT2D eigenvalue weighted by molar-refractivity contribution is 7.17. The fourth-order valence-corrected chi connectivity index (χ4v) is 3.68. The van der Waals surface area contributed by atoms with Crippen molar-refractivity contribution in [2.24, 2.45) is 0 Å². The molecule has 4 aromatic rings. The number of thiophene rings is 1. The molecule has 3 heterocycles. The van der Waals surface area contributed by atoms with Crippen LogP contribution in [0.4, 0.5) is 0 Å². The average molecular weight is 329 g/mol. The Morgan fingerprint density at radius 3 is 2.82 bits per heavy atom. The molecule has 1 aromatic carbocycles. The van der Waals surface area contributed by atoms with Gasteiger partial charge in [-0.2, -0.15) is 0 Å². The summed E-state index contributed by atoms with van der Waals surface area (Å²) < 4.78 is 3.23. The van der Waals surface area contributed by atoms with Crippen molar-refractivity contribution in [2.45, 2.75) is 19.9 Å². The van der Waals surface area contributed by atoms with Gasteiger partial charge in [-0.3, -0.25) is 0 Å². The van der Waals surface area contributed by atoms with E-state index in [0.29, 0.717) is 16.5 Å². The number of imidazole rings is 1. The Bertz CT molecular complexity index is 986. The molecular formula is C16H13ClN4S.